The molecule has 0 fully saturated rings. The smallest absolute Gasteiger partial charge is 0.123 e. The number of halogens is 1. The average Bonchev–Trinajstić information content (AvgIpc) is 2.51. The fourth-order valence-electron chi connectivity index (χ4n) is 1.73. The summed E-state index contributed by atoms with van der Waals surface area (Å²) in [5.41, 5.74) is 2.15. The van der Waals surface area contributed by atoms with Crippen molar-refractivity contribution in [2.75, 3.05) is 0 Å². The molecule has 0 radical (unpaired) electrons. The molecule has 1 aromatic heterocycles. The van der Waals surface area contributed by atoms with E-state index in [1.54, 1.807) is 0 Å². The first-order valence-corrected chi connectivity index (χ1v) is 6.10. The molecule has 0 aliphatic carbocycles. The molecule has 92 valence electrons. The molecule has 0 spiro atoms. The highest BCUT2D eigenvalue weighted by molar-refractivity contribution is 6.31. The molecule has 0 unspecified atom stereocenters. The number of nitrogens with zero attached hydrogens (tertiary/aromatic N) is 2. The van der Waals surface area contributed by atoms with Gasteiger partial charge in [0.15, 0.2) is 0 Å². The molecular weight excluding hydrogens is 234 g/mol. The van der Waals surface area contributed by atoms with Crippen LogP contribution < -0.4 is 5.32 Å². The SMILES string of the molecule is Cn1c(CNC(C)(C)C)nc2cc(Cl)ccc21. The Bertz CT molecular complexity index is 537. The molecule has 0 saturated heterocycles. The van der Waals surface area contributed by atoms with Crippen molar-refractivity contribution in [2.45, 2.75) is 32.9 Å². The Kier molecular flexibility index (Phi) is 3.15. The van der Waals surface area contributed by atoms with Gasteiger partial charge in [0.25, 0.3) is 0 Å². The zero-order valence-corrected chi connectivity index (χ0v) is 11.5. The summed E-state index contributed by atoms with van der Waals surface area (Å²) in [6.45, 7) is 7.19. The van der Waals surface area contributed by atoms with E-state index >= 15 is 0 Å². The molecule has 0 saturated carbocycles. The Morgan fingerprint density at radius 1 is 1.35 bits per heavy atom. The highest BCUT2D eigenvalue weighted by Gasteiger charge is 2.12. The maximum atomic E-state index is 5.97. The van der Waals surface area contributed by atoms with Gasteiger partial charge >= 0.3 is 0 Å². The minimum absolute atomic E-state index is 0.0930. The summed E-state index contributed by atoms with van der Waals surface area (Å²) in [4.78, 5) is 4.59. The van der Waals surface area contributed by atoms with Crippen LogP contribution in [-0.2, 0) is 13.6 Å². The van der Waals surface area contributed by atoms with Crippen molar-refractivity contribution in [3.8, 4) is 0 Å². The van der Waals surface area contributed by atoms with E-state index in [4.69, 9.17) is 11.6 Å². The minimum atomic E-state index is 0.0930. The number of aryl methyl sites for hydroxylation is 1. The Morgan fingerprint density at radius 2 is 2.06 bits per heavy atom. The van der Waals surface area contributed by atoms with Crippen LogP contribution in [0.3, 0.4) is 0 Å². The van der Waals surface area contributed by atoms with Gasteiger partial charge < -0.3 is 9.88 Å². The highest BCUT2D eigenvalue weighted by atomic mass is 35.5. The van der Waals surface area contributed by atoms with E-state index in [2.05, 4.69) is 35.6 Å². The first kappa shape index (κ1) is 12.4. The zero-order chi connectivity index (χ0) is 12.6. The summed E-state index contributed by atoms with van der Waals surface area (Å²) in [6, 6.07) is 5.80. The molecule has 1 heterocycles. The third kappa shape index (κ3) is 2.79. The molecule has 2 rings (SSSR count). The van der Waals surface area contributed by atoms with Crippen molar-refractivity contribution >= 4 is 22.6 Å². The van der Waals surface area contributed by atoms with Gasteiger partial charge in [-0.05, 0) is 39.0 Å². The van der Waals surface area contributed by atoms with Gasteiger partial charge in [-0.15, -0.1) is 0 Å². The number of benzene rings is 1. The largest absolute Gasteiger partial charge is 0.330 e. The zero-order valence-electron chi connectivity index (χ0n) is 10.7. The lowest BCUT2D eigenvalue weighted by Crippen LogP contribution is -2.35. The number of fused-ring (bicyclic) bond motifs is 1. The fraction of sp³-hybridized carbons (Fsp3) is 0.462. The summed E-state index contributed by atoms with van der Waals surface area (Å²) < 4.78 is 2.10. The van der Waals surface area contributed by atoms with Crippen molar-refractivity contribution in [3.05, 3.63) is 29.0 Å². The molecule has 0 amide bonds. The Hall–Kier alpha value is -1.06. The minimum Gasteiger partial charge on any atom is -0.330 e. The van der Waals surface area contributed by atoms with Crippen LogP contribution in [-0.4, -0.2) is 15.1 Å². The maximum absolute atomic E-state index is 5.97. The van der Waals surface area contributed by atoms with E-state index in [9.17, 15) is 0 Å². The Balaban J connectivity index is 2.32. The quantitative estimate of drug-likeness (QED) is 0.889. The van der Waals surface area contributed by atoms with Crippen LogP contribution in [0.5, 0.6) is 0 Å². The van der Waals surface area contributed by atoms with E-state index in [0.717, 1.165) is 28.4 Å². The lowest BCUT2D eigenvalue weighted by atomic mass is 10.1. The molecule has 4 heteroatoms. The molecule has 0 atom stereocenters. The van der Waals surface area contributed by atoms with Crippen LogP contribution in [0.2, 0.25) is 5.02 Å². The lowest BCUT2D eigenvalue weighted by molar-refractivity contribution is 0.415. The second-order valence-electron chi connectivity index (χ2n) is 5.32. The van der Waals surface area contributed by atoms with Crippen LogP contribution >= 0.6 is 11.6 Å². The maximum Gasteiger partial charge on any atom is 0.123 e. The van der Waals surface area contributed by atoms with Gasteiger partial charge in [0.05, 0.1) is 17.6 Å². The van der Waals surface area contributed by atoms with Gasteiger partial charge in [0, 0.05) is 17.6 Å². The normalized spacial score (nSPS) is 12.3. The summed E-state index contributed by atoms with van der Waals surface area (Å²) in [5.74, 6) is 1.03. The van der Waals surface area contributed by atoms with Gasteiger partial charge in [-0.2, -0.15) is 0 Å². The van der Waals surface area contributed by atoms with Crippen molar-refractivity contribution in [3.63, 3.8) is 0 Å². The molecule has 0 aliphatic rings. The number of imidazole rings is 1. The fourth-order valence-corrected chi connectivity index (χ4v) is 1.89. The average molecular weight is 252 g/mol. The van der Waals surface area contributed by atoms with Crippen LogP contribution in [0, 0.1) is 0 Å². The third-order valence-corrected chi connectivity index (χ3v) is 2.95. The third-order valence-electron chi connectivity index (χ3n) is 2.71. The van der Waals surface area contributed by atoms with E-state index in [1.807, 2.05) is 25.2 Å². The second-order valence-corrected chi connectivity index (χ2v) is 5.76. The van der Waals surface area contributed by atoms with Crippen LogP contribution in [0.4, 0.5) is 0 Å². The van der Waals surface area contributed by atoms with E-state index in [0.29, 0.717) is 0 Å². The predicted molar refractivity (Wildman–Crippen MR) is 72.3 cm³/mol. The van der Waals surface area contributed by atoms with Gasteiger partial charge in [0.1, 0.15) is 5.82 Å². The van der Waals surface area contributed by atoms with Crippen molar-refractivity contribution in [2.24, 2.45) is 7.05 Å². The summed E-state index contributed by atoms with van der Waals surface area (Å²) >= 11 is 5.97. The lowest BCUT2D eigenvalue weighted by Gasteiger charge is -2.20. The molecule has 17 heavy (non-hydrogen) atoms. The number of nitrogens with one attached hydrogen (secondary N) is 1. The molecule has 0 aliphatic heterocycles. The molecule has 1 N–H and O–H groups in total. The molecule has 1 aromatic carbocycles. The van der Waals surface area contributed by atoms with Crippen molar-refractivity contribution in [1.82, 2.24) is 14.9 Å². The van der Waals surface area contributed by atoms with Crippen molar-refractivity contribution < 1.29 is 0 Å². The van der Waals surface area contributed by atoms with E-state index in [-0.39, 0.29) is 5.54 Å². The van der Waals surface area contributed by atoms with Gasteiger partial charge in [-0.3, -0.25) is 0 Å². The molecule has 0 bridgehead atoms. The van der Waals surface area contributed by atoms with Crippen LogP contribution in [0.15, 0.2) is 18.2 Å². The first-order valence-electron chi connectivity index (χ1n) is 5.73. The van der Waals surface area contributed by atoms with Gasteiger partial charge in [0.2, 0.25) is 0 Å². The standard InChI is InChI=1S/C13H18ClN3/c1-13(2,3)15-8-12-16-10-7-9(14)5-6-11(10)17(12)4/h5-7,15H,8H2,1-4H3. The number of hydrogen-bond acceptors (Lipinski definition) is 2. The van der Waals surface area contributed by atoms with Crippen LogP contribution in [0.25, 0.3) is 11.0 Å². The number of hydrogen-bond donors (Lipinski definition) is 1. The number of rotatable bonds is 2. The van der Waals surface area contributed by atoms with Crippen LogP contribution in [0.1, 0.15) is 26.6 Å². The number of aromatic nitrogens is 2. The summed E-state index contributed by atoms with van der Waals surface area (Å²) in [6.07, 6.45) is 0. The van der Waals surface area contributed by atoms with Gasteiger partial charge in [-0.1, -0.05) is 11.6 Å². The van der Waals surface area contributed by atoms with Gasteiger partial charge in [-0.25, -0.2) is 4.98 Å². The Morgan fingerprint density at radius 3 is 2.71 bits per heavy atom. The topological polar surface area (TPSA) is 29.9 Å². The van der Waals surface area contributed by atoms with Crippen molar-refractivity contribution in [1.29, 1.82) is 0 Å². The molecular formula is C13H18ClN3. The van der Waals surface area contributed by atoms with E-state index in [1.165, 1.54) is 0 Å². The monoisotopic (exact) mass is 251 g/mol. The Labute approximate surface area is 107 Å². The second kappa shape index (κ2) is 4.31. The summed E-state index contributed by atoms with van der Waals surface area (Å²) in [7, 11) is 2.03. The molecule has 2 aromatic rings. The van der Waals surface area contributed by atoms with E-state index < -0.39 is 0 Å². The first-order chi connectivity index (χ1) is 7.87. The predicted octanol–water partition coefficient (Wildman–Crippen LogP) is 3.11. The molecule has 3 nitrogen and oxygen atoms in total. The highest BCUT2D eigenvalue weighted by Crippen LogP contribution is 2.19. The summed E-state index contributed by atoms with van der Waals surface area (Å²) in [5, 5.41) is 4.17.